The van der Waals surface area contributed by atoms with E-state index in [1.165, 1.54) is 0 Å². The summed E-state index contributed by atoms with van der Waals surface area (Å²) >= 11 is 1.55. The molecule has 0 unspecified atom stereocenters. The number of hydrogen-bond acceptors (Lipinski definition) is 5. The Morgan fingerprint density at radius 2 is 2.38 bits per heavy atom. The van der Waals surface area contributed by atoms with E-state index in [1.54, 1.807) is 24.6 Å². The van der Waals surface area contributed by atoms with Crippen molar-refractivity contribution in [2.75, 3.05) is 12.4 Å². The van der Waals surface area contributed by atoms with E-state index in [2.05, 4.69) is 10.3 Å². The highest BCUT2D eigenvalue weighted by Crippen LogP contribution is 2.26. The smallest absolute Gasteiger partial charge is 0.187 e. The summed E-state index contributed by atoms with van der Waals surface area (Å²) in [5.74, 6) is 0.802. The molecule has 3 N–H and O–H groups in total. The van der Waals surface area contributed by atoms with Gasteiger partial charge in [0.2, 0.25) is 0 Å². The standard InChI is InChI=1S/C11H13N3OS/c1-15-9-3-2-8(7-12)10(6-9)14-11-13-4-5-16-11/h2-6H,7,12H2,1H3,(H,13,14). The van der Waals surface area contributed by atoms with Gasteiger partial charge in [-0.15, -0.1) is 11.3 Å². The van der Waals surface area contributed by atoms with Crippen molar-refractivity contribution in [2.45, 2.75) is 6.54 Å². The van der Waals surface area contributed by atoms with Gasteiger partial charge in [-0.3, -0.25) is 0 Å². The van der Waals surface area contributed by atoms with Gasteiger partial charge in [0, 0.05) is 29.9 Å². The first-order valence-electron chi connectivity index (χ1n) is 4.87. The maximum absolute atomic E-state index is 5.67. The molecule has 0 atom stereocenters. The molecule has 2 aromatic rings. The summed E-state index contributed by atoms with van der Waals surface area (Å²) in [6.45, 7) is 0.484. The van der Waals surface area contributed by atoms with E-state index >= 15 is 0 Å². The molecule has 16 heavy (non-hydrogen) atoms. The Morgan fingerprint density at radius 3 is 3.00 bits per heavy atom. The van der Waals surface area contributed by atoms with E-state index in [9.17, 15) is 0 Å². The summed E-state index contributed by atoms with van der Waals surface area (Å²) in [7, 11) is 1.64. The van der Waals surface area contributed by atoms with Crippen LogP contribution in [-0.2, 0) is 6.54 Å². The number of hydrogen-bond donors (Lipinski definition) is 2. The molecule has 0 aliphatic rings. The van der Waals surface area contributed by atoms with Gasteiger partial charge in [-0.2, -0.15) is 0 Å². The van der Waals surface area contributed by atoms with Crippen LogP contribution in [0.15, 0.2) is 29.8 Å². The topological polar surface area (TPSA) is 60.2 Å². The molecule has 0 bridgehead atoms. The van der Waals surface area contributed by atoms with Crippen molar-refractivity contribution < 1.29 is 4.74 Å². The van der Waals surface area contributed by atoms with Gasteiger partial charge in [0.1, 0.15) is 5.75 Å². The lowest BCUT2D eigenvalue weighted by Crippen LogP contribution is -2.02. The molecule has 84 valence electrons. The number of nitrogens with one attached hydrogen (secondary N) is 1. The SMILES string of the molecule is COc1ccc(CN)c(Nc2nccs2)c1. The maximum Gasteiger partial charge on any atom is 0.187 e. The Kier molecular flexibility index (Phi) is 3.38. The van der Waals surface area contributed by atoms with Gasteiger partial charge in [-0.25, -0.2) is 4.98 Å². The molecule has 0 spiro atoms. The molecule has 0 aliphatic heterocycles. The molecular formula is C11H13N3OS. The zero-order valence-electron chi connectivity index (χ0n) is 8.93. The molecule has 0 saturated carbocycles. The van der Waals surface area contributed by atoms with Crippen molar-refractivity contribution in [2.24, 2.45) is 5.73 Å². The Balaban J connectivity index is 2.30. The third kappa shape index (κ3) is 2.32. The second-order valence-electron chi connectivity index (χ2n) is 3.19. The Labute approximate surface area is 98.1 Å². The van der Waals surface area contributed by atoms with Crippen molar-refractivity contribution in [3.05, 3.63) is 35.3 Å². The number of benzene rings is 1. The van der Waals surface area contributed by atoms with Crippen LogP contribution in [0.3, 0.4) is 0 Å². The third-order valence-corrected chi connectivity index (χ3v) is 2.90. The quantitative estimate of drug-likeness (QED) is 0.854. The summed E-state index contributed by atoms with van der Waals surface area (Å²) in [5.41, 5.74) is 7.65. The van der Waals surface area contributed by atoms with E-state index in [0.717, 1.165) is 22.1 Å². The predicted octanol–water partition coefficient (Wildman–Crippen LogP) is 2.35. The van der Waals surface area contributed by atoms with Crippen molar-refractivity contribution in [3.8, 4) is 5.75 Å². The number of aromatic nitrogens is 1. The molecule has 2 rings (SSSR count). The fourth-order valence-electron chi connectivity index (χ4n) is 1.38. The van der Waals surface area contributed by atoms with Gasteiger partial charge in [0.15, 0.2) is 5.13 Å². The second kappa shape index (κ2) is 4.96. The zero-order valence-corrected chi connectivity index (χ0v) is 9.75. The number of thiazole rings is 1. The summed E-state index contributed by atoms with van der Waals surface area (Å²) in [5, 5.41) is 6.00. The van der Waals surface area contributed by atoms with E-state index < -0.39 is 0 Å². The first-order chi connectivity index (χ1) is 7.83. The van der Waals surface area contributed by atoms with Crippen LogP contribution in [0.2, 0.25) is 0 Å². The molecule has 1 heterocycles. The number of ether oxygens (including phenoxy) is 1. The van der Waals surface area contributed by atoms with Gasteiger partial charge < -0.3 is 15.8 Å². The van der Waals surface area contributed by atoms with Crippen LogP contribution in [0.5, 0.6) is 5.75 Å². The summed E-state index contributed by atoms with van der Waals surface area (Å²) in [6.07, 6.45) is 1.76. The highest BCUT2D eigenvalue weighted by molar-refractivity contribution is 7.13. The van der Waals surface area contributed by atoms with Crippen molar-refractivity contribution in [1.29, 1.82) is 0 Å². The number of methoxy groups -OCH3 is 1. The average Bonchev–Trinajstić information content (AvgIpc) is 2.82. The Bertz CT molecular complexity index is 456. The van der Waals surface area contributed by atoms with E-state index in [-0.39, 0.29) is 0 Å². The molecule has 4 nitrogen and oxygen atoms in total. The highest BCUT2D eigenvalue weighted by atomic mass is 32.1. The zero-order chi connectivity index (χ0) is 11.4. The summed E-state index contributed by atoms with van der Waals surface area (Å²) in [6, 6.07) is 5.77. The van der Waals surface area contributed by atoms with Gasteiger partial charge >= 0.3 is 0 Å². The third-order valence-electron chi connectivity index (χ3n) is 2.21. The summed E-state index contributed by atoms with van der Waals surface area (Å²) in [4.78, 5) is 4.17. The molecule has 1 aromatic heterocycles. The lowest BCUT2D eigenvalue weighted by atomic mass is 10.1. The molecule has 0 aliphatic carbocycles. The number of anilines is 2. The van der Waals surface area contributed by atoms with Crippen molar-refractivity contribution >= 4 is 22.2 Å². The number of nitrogens with zero attached hydrogens (tertiary/aromatic N) is 1. The number of rotatable bonds is 4. The minimum absolute atomic E-state index is 0.484. The highest BCUT2D eigenvalue weighted by Gasteiger charge is 2.04. The van der Waals surface area contributed by atoms with Gasteiger partial charge in [-0.1, -0.05) is 6.07 Å². The molecule has 0 fully saturated rings. The van der Waals surface area contributed by atoms with Gasteiger partial charge in [0.05, 0.1) is 7.11 Å². The Hall–Kier alpha value is -1.59. The first kappa shape index (κ1) is 10.9. The van der Waals surface area contributed by atoms with Crippen LogP contribution in [0.1, 0.15) is 5.56 Å². The predicted molar refractivity (Wildman–Crippen MR) is 66.3 cm³/mol. The lowest BCUT2D eigenvalue weighted by Gasteiger charge is -2.10. The van der Waals surface area contributed by atoms with Crippen LogP contribution in [0, 0.1) is 0 Å². The van der Waals surface area contributed by atoms with Crippen LogP contribution < -0.4 is 15.8 Å². The van der Waals surface area contributed by atoms with E-state index in [0.29, 0.717) is 6.54 Å². The normalized spacial score (nSPS) is 10.1. The molecular weight excluding hydrogens is 222 g/mol. The minimum Gasteiger partial charge on any atom is -0.497 e. The average molecular weight is 235 g/mol. The van der Waals surface area contributed by atoms with E-state index in [1.807, 2.05) is 23.6 Å². The first-order valence-corrected chi connectivity index (χ1v) is 5.75. The van der Waals surface area contributed by atoms with Crippen LogP contribution in [0.4, 0.5) is 10.8 Å². The van der Waals surface area contributed by atoms with Crippen molar-refractivity contribution in [3.63, 3.8) is 0 Å². The number of nitrogens with two attached hydrogens (primary N) is 1. The summed E-state index contributed by atoms with van der Waals surface area (Å²) < 4.78 is 5.18. The molecule has 0 radical (unpaired) electrons. The molecule has 0 saturated heterocycles. The Morgan fingerprint density at radius 1 is 1.50 bits per heavy atom. The fourth-order valence-corrected chi connectivity index (χ4v) is 1.92. The monoisotopic (exact) mass is 235 g/mol. The van der Waals surface area contributed by atoms with Crippen molar-refractivity contribution in [1.82, 2.24) is 4.98 Å². The minimum atomic E-state index is 0.484. The molecule has 1 aromatic carbocycles. The molecule has 5 heteroatoms. The van der Waals surface area contributed by atoms with Gasteiger partial charge in [0.25, 0.3) is 0 Å². The largest absolute Gasteiger partial charge is 0.497 e. The van der Waals surface area contributed by atoms with Gasteiger partial charge in [-0.05, 0) is 11.6 Å². The van der Waals surface area contributed by atoms with Crippen LogP contribution in [0.25, 0.3) is 0 Å². The lowest BCUT2D eigenvalue weighted by molar-refractivity contribution is 0.415. The molecule has 0 amide bonds. The van der Waals surface area contributed by atoms with Crippen LogP contribution >= 0.6 is 11.3 Å². The van der Waals surface area contributed by atoms with E-state index in [4.69, 9.17) is 10.5 Å². The van der Waals surface area contributed by atoms with Crippen LogP contribution in [-0.4, -0.2) is 12.1 Å². The fraction of sp³-hybridized carbons (Fsp3) is 0.182. The maximum atomic E-state index is 5.67. The second-order valence-corrected chi connectivity index (χ2v) is 4.08.